The minimum Gasteiger partial charge on any atom is -0.383 e. The van der Waals surface area contributed by atoms with Crippen LogP contribution < -0.4 is 5.32 Å². The Bertz CT molecular complexity index is 610. The van der Waals surface area contributed by atoms with E-state index in [2.05, 4.69) is 28.4 Å². The maximum atomic E-state index is 5.50. The van der Waals surface area contributed by atoms with Crippen molar-refractivity contribution in [2.45, 2.75) is 18.8 Å². The number of thiocarbonyl (C=S) groups is 1. The number of likely N-dealkylation sites (tertiary alicyclic amines) is 1. The molecule has 118 valence electrons. The zero-order valence-corrected chi connectivity index (χ0v) is 14.4. The van der Waals surface area contributed by atoms with E-state index in [1.165, 1.54) is 16.1 Å². The van der Waals surface area contributed by atoms with Gasteiger partial charge in [-0.05, 0) is 37.2 Å². The molecule has 6 heteroatoms. The van der Waals surface area contributed by atoms with Gasteiger partial charge in [-0.3, -0.25) is 0 Å². The van der Waals surface area contributed by atoms with E-state index in [0.29, 0.717) is 12.5 Å². The van der Waals surface area contributed by atoms with E-state index in [1.807, 2.05) is 17.4 Å². The van der Waals surface area contributed by atoms with Crippen molar-refractivity contribution in [3.8, 4) is 0 Å². The minimum atomic E-state index is 0.480. The van der Waals surface area contributed by atoms with Crippen LogP contribution >= 0.6 is 23.6 Å². The molecule has 0 bridgehead atoms. The van der Waals surface area contributed by atoms with Gasteiger partial charge < -0.3 is 15.0 Å². The Balaban J connectivity index is 1.66. The summed E-state index contributed by atoms with van der Waals surface area (Å²) in [6.45, 7) is 3.42. The topological polar surface area (TPSA) is 37.4 Å². The van der Waals surface area contributed by atoms with Crippen LogP contribution in [0.5, 0.6) is 0 Å². The molecule has 0 amide bonds. The lowest BCUT2D eigenvalue weighted by Crippen LogP contribution is -2.45. The number of thiazole rings is 1. The van der Waals surface area contributed by atoms with Gasteiger partial charge in [0.15, 0.2) is 5.11 Å². The molecular formula is C16H21N3OS2. The van der Waals surface area contributed by atoms with E-state index >= 15 is 0 Å². The van der Waals surface area contributed by atoms with Crippen molar-refractivity contribution in [2.24, 2.45) is 0 Å². The maximum Gasteiger partial charge on any atom is 0.169 e. The van der Waals surface area contributed by atoms with Crippen LogP contribution in [-0.4, -0.2) is 48.3 Å². The predicted octanol–water partition coefficient (Wildman–Crippen LogP) is 3.00. The highest BCUT2D eigenvalue weighted by molar-refractivity contribution is 7.80. The molecule has 1 aliphatic heterocycles. The van der Waals surface area contributed by atoms with Gasteiger partial charge in [-0.1, -0.05) is 12.1 Å². The van der Waals surface area contributed by atoms with Crippen molar-refractivity contribution in [1.82, 2.24) is 15.2 Å². The number of benzene rings is 1. The molecule has 0 unspecified atom stereocenters. The molecule has 1 aromatic heterocycles. The lowest BCUT2D eigenvalue weighted by molar-refractivity contribution is 0.202. The zero-order chi connectivity index (χ0) is 15.4. The molecule has 1 atom stereocenters. The lowest BCUT2D eigenvalue weighted by atomic mass is 9.99. The summed E-state index contributed by atoms with van der Waals surface area (Å²) >= 11 is 7.31. The maximum absolute atomic E-state index is 5.50. The number of aromatic nitrogens is 1. The number of hydrogen-bond acceptors (Lipinski definition) is 4. The molecule has 1 fully saturated rings. The number of ether oxygens (including phenoxy) is 1. The van der Waals surface area contributed by atoms with Gasteiger partial charge >= 0.3 is 0 Å². The number of para-hydroxylation sites is 1. The van der Waals surface area contributed by atoms with Crippen LogP contribution in [0.4, 0.5) is 0 Å². The van der Waals surface area contributed by atoms with Crippen molar-refractivity contribution in [3.63, 3.8) is 0 Å². The number of rotatable bonds is 4. The summed E-state index contributed by atoms with van der Waals surface area (Å²) in [5.41, 5.74) is 1.11. The van der Waals surface area contributed by atoms with E-state index in [9.17, 15) is 0 Å². The first-order valence-electron chi connectivity index (χ1n) is 7.65. The fourth-order valence-electron chi connectivity index (χ4n) is 2.80. The van der Waals surface area contributed by atoms with Crippen LogP contribution in [0.25, 0.3) is 10.2 Å². The van der Waals surface area contributed by atoms with E-state index in [-0.39, 0.29) is 0 Å². The van der Waals surface area contributed by atoms with Crippen molar-refractivity contribution in [2.75, 3.05) is 33.4 Å². The predicted molar refractivity (Wildman–Crippen MR) is 95.6 cm³/mol. The summed E-state index contributed by atoms with van der Waals surface area (Å²) in [7, 11) is 1.70. The first kappa shape index (κ1) is 15.6. The SMILES string of the molecule is COCCNC(=S)N1CCC[C@H](c2nc3ccccc3s2)C1. The fourth-order valence-corrected chi connectivity index (χ4v) is 4.16. The molecule has 1 aliphatic rings. The quantitative estimate of drug-likeness (QED) is 0.687. The number of hydrogen-bond donors (Lipinski definition) is 1. The molecule has 1 saturated heterocycles. The highest BCUT2D eigenvalue weighted by Gasteiger charge is 2.25. The third-order valence-electron chi connectivity index (χ3n) is 3.95. The molecule has 1 N–H and O–H groups in total. The second-order valence-corrected chi connectivity index (χ2v) is 6.98. The van der Waals surface area contributed by atoms with E-state index in [4.69, 9.17) is 21.9 Å². The Morgan fingerprint density at radius 3 is 3.18 bits per heavy atom. The first-order valence-corrected chi connectivity index (χ1v) is 8.87. The molecular weight excluding hydrogens is 314 g/mol. The highest BCUT2D eigenvalue weighted by atomic mass is 32.1. The van der Waals surface area contributed by atoms with Crippen LogP contribution in [0.2, 0.25) is 0 Å². The monoisotopic (exact) mass is 335 g/mol. The van der Waals surface area contributed by atoms with Gasteiger partial charge in [0, 0.05) is 32.7 Å². The summed E-state index contributed by atoms with van der Waals surface area (Å²) in [5, 5.41) is 5.34. The highest BCUT2D eigenvalue weighted by Crippen LogP contribution is 2.32. The Morgan fingerprint density at radius 1 is 1.50 bits per heavy atom. The molecule has 0 saturated carbocycles. The number of nitrogens with one attached hydrogen (secondary N) is 1. The van der Waals surface area contributed by atoms with Crippen LogP contribution in [0.3, 0.4) is 0 Å². The molecule has 0 radical (unpaired) electrons. The van der Waals surface area contributed by atoms with Gasteiger partial charge in [0.2, 0.25) is 0 Å². The third-order valence-corrected chi connectivity index (χ3v) is 5.55. The Morgan fingerprint density at radius 2 is 2.36 bits per heavy atom. The minimum absolute atomic E-state index is 0.480. The molecule has 2 aromatic rings. The summed E-state index contributed by atoms with van der Waals surface area (Å²) in [6, 6.07) is 8.36. The van der Waals surface area contributed by atoms with Gasteiger partial charge in [-0.15, -0.1) is 11.3 Å². The largest absolute Gasteiger partial charge is 0.383 e. The second kappa shape index (κ2) is 7.35. The Labute approximate surface area is 140 Å². The van der Waals surface area contributed by atoms with E-state index < -0.39 is 0 Å². The summed E-state index contributed by atoms with van der Waals surface area (Å²) in [5.74, 6) is 0.480. The van der Waals surface area contributed by atoms with Crippen LogP contribution in [0, 0.1) is 0 Å². The number of methoxy groups -OCH3 is 1. The van der Waals surface area contributed by atoms with Gasteiger partial charge in [0.05, 0.1) is 21.8 Å². The van der Waals surface area contributed by atoms with Crippen molar-refractivity contribution >= 4 is 38.9 Å². The van der Waals surface area contributed by atoms with Gasteiger partial charge in [-0.25, -0.2) is 4.98 Å². The second-order valence-electron chi connectivity index (χ2n) is 5.53. The molecule has 1 aromatic carbocycles. The number of fused-ring (bicyclic) bond motifs is 1. The molecule has 3 rings (SSSR count). The van der Waals surface area contributed by atoms with Crippen LogP contribution in [-0.2, 0) is 4.74 Å². The standard InChI is InChI=1S/C16H21N3OS2/c1-20-10-8-17-16(21)19-9-4-5-12(11-19)15-18-13-6-2-3-7-14(13)22-15/h2-3,6-7,12H,4-5,8-11H2,1H3,(H,17,21)/t12-/m0/s1. The smallest absolute Gasteiger partial charge is 0.169 e. The van der Waals surface area contributed by atoms with Crippen molar-refractivity contribution < 1.29 is 4.74 Å². The van der Waals surface area contributed by atoms with Crippen LogP contribution in [0.1, 0.15) is 23.8 Å². The summed E-state index contributed by atoms with van der Waals surface area (Å²) in [4.78, 5) is 7.08. The Kier molecular flexibility index (Phi) is 5.23. The molecule has 22 heavy (non-hydrogen) atoms. The third kappa shape index (κ3) is 3.56. The number of piperidine rings is 1. The average molecular weight is 335 g/mol. The molecule has 0 spiro atoms. The number of nitrogens with zero attached hydrogens (tertiary/aromatic N) is 2. The lowest BCUT2D eigenvalue weighted by Gasteiger charge is -2.33. The molecule has 4 nitrogen and oxygen atoms in total. The zero-order valence-electron chi connectivity index (χ0n) is 12.7. The Hall–Kier alpha value is -1.24. The molecule has 2 heterocycles. The summed E-state index contributed by atoms with van der Waals surface area (Å²) < 4.78 is 6.33. The van der Waals surface area contributed by atoms with E-state index in [0.717, 1.165) is 36.7 Å². The van der Waals surface area contributed by atoms with Gasteiger partial charge in [0.25, 0.3) is 0 Å². The fraction of sp³-hybridized carbons (Fsp3) is 0.500. The van der Waals surface area contributed by atoms with Crippen molar-refractivity contribution in [3.05, 3.63) is 29.3 Å². The summed E-state index contributed by atoms with van der Waals surface area (Å²) in [6.07, 6.45) is 2.35. The molecule has 0 aliphatic carbocycles. The first-order chi connectivity index (χ1) is 10.8. The normalized spacial score (nSPS) is 18.6. The van der Waals surface area contributed by atoms with Gasteiger partial charge in [0.1, 0.15) is 0 Å². The van der Waals surface area contributed by atoms with Crippen molar-refractivity contribution in [1.29, 1.82) is 0 Å². The van der Waals surface area contributed by atoms with Gasteiger partial charge in [-0.2, -0.15) is 0 Å². The average Bonchev–Trinajstić information content (AvgIpc) is 2.99. The van der Waals surface area contributed by atoms with E-state index in [1.54, 1.807) is 7.11 Å². The van der Waals surface area contributed by atoms with Crippen LogP contribution in [0.15, 0.2) is 24.3 Å².